The molecule has 0 radical (unpaired) electrons. The van der Waals surface area contributed by atoms with Gasteiger partial charge in [-0.05, 0) is 32.4 Å². The van der Waals surface area contributed by atoms with Crippen LogP contribution in [0.5, 0.6) is 0 Å². The van der Waals surface area contributed by atoms with Crippen LogP contribution in [0.15, 0.2) is 24.5 Å². The smallest absolute Gasteiger partial charge is 0.252 e. The van der Waals surface area contributed by atoms with Gasteiger partial charge in [-0.3, -0.25) is 14.6 Å². The number of rotatable bonds is 5. The Morgan fingerprint density at radius 1 is 1.50 bits per heavy atom. The third-order valence-corrected chi connectivity index (χ3v) is 4.94. The Balaban J connectivity index is 1.45. The summed E-state index contributed by atoms with van der Waals surface area (Å²) >= 11 is 0. The number of pyridine rings is 1. The summed E-state index contributed by atoms with van der Waals surface area (Å²) in [6.45, 7) is 6.03. The highest BCUT2D eigenvalue weighted by Crippen LogP contribution is 2.34. The lowest BCUT2D eigenvalue weighted by Gasteiger charge is -2.20. The molecule has 26 heavy (non-hydrogen) atoms. The highest BCUT2D eigenvalue weighted by molar-refractivity contribution is 5.97. The van der Waals surface area contributed by atoms with Crippen LogP contribution >= 0.6 is 0 Å². The van der Waals surface area contributed by atoms with Gasteiger partial charge in [0.15, 0.2) is 5.65 Å². The first-order chi connectivity index (χ1) is 12.7. The minimum Gasteiger partial charge on any atom is -0.372 e. The first-order valence-corrected chi connectivity index (χ1v) is 8.89. The first kappa shape index (κ1) is 16.7. The molecule has 0 saturated carbocycles. The molecule has 0 spiro atoms. The number of H-pyrrole nitrogens is 1. The molecular weight excluding hydrogens is 332 g/mol. The van der Waals surface area contributed by atoms with Gasteiger partial charge in [-0.2, -0.15) is 10.2 Å². The first-order valence-electron chi connectivity index (χ1n) is 8.89. The highest BCUT2D eigenvalue weighted by Gasteiger charge is 2.32. The number of fused-ring (bicyclic) bond motifs is 1. The van der Waals surface area contributed by atoms with Gasteiger partial charge in [-0.1, -0.05) is 0 Å². The molecule has 1 saturated heterocycles. The predicted octanol–water partition coefficient (Wildman–Crippen LogP) is 1.99. The van der Waals surface area contributed by atoms with Gasteiger partial charge in [-0.25, -0.2) is 4.98 Å². The van der Waals surface area contributed by atoms with Gasteiger partial charge < -0.3 is 10.1 Å². The van der Waals surface area contributed by atoms with Crippen LogP contribution in [-0.2, 0) is 11.3 Å². The third-order valence-electron chi connectivity index (χ3n) is 4.94. The molecule has 136 valence electrons. The number of nitrogens with zero attached hydrogens (tertiary/aromatic N) is 4. The van der Waals surface area contributed by atoms with E-state index in [0.29, 0.717) is 24.4 Å². The second kappa shape index (κ2) is 6.87. The Morgan fingerprint density at radius 2 is 2.38 bits per heavy atom. The molecule has 8 nitrogen and oxygen atoms in total. The van der Waals surface area contributed by atoms with Crippen molar-refractivity contribution in [3.8, 4) is 0 Å². The number of carbonyl (C=O) groups is 1. The number of nitrogens with one attached hydrogen (secondary N) is 2. The molecule has 2 atom stereocenters. The highest BCUT2D eigenvalue weighted by atomic mass is 16.5. The third kappa shape index (κ3) is 2.96. The summed E-state index contributed by atoms with van der Waals surface area (Å²) in [7, 11) is 0. The van der Waals surface area contributed by atoms with Gasteiger partial charge in [0, 0.05) is 49.1 Å². The van der Waals surface area contributed by atoms with Gasteiger partial charge in [0.05, 0.1) is 11.3 Å². The predicted molar refractivity (Wildman–Crippen MR) is 95.7 cm³/mol. The zero-order valence-electron chi connectivity index (χ0n) is 14.9. The number of amides is 1. The van der Waals surface area contributed by atoms with Crippen molar-refractivity contribution >= 4 is 16.9 Å². The fraction of sp³-hybridized carbons (Fsp3) is 0.444. The molecule has 0 aliphatic carbocycles. The van der Waals surface area contributed by atoms with E-state index < -0.39 is 0 Å². The van der Waals surface area contributed by atoms with Crippen LogP contribution in [0.4, 0.5) is 0 Å². The Hall–Kier alpha value is -2.74. The van der Waals surface area contributed by atoms with Gasteiger partial charge >= 0.3 is 0 Å². The van der Waals surface area contributed by atoms with Gasteiger partial charge in [-0.15, -0.1) is 0 Å². The van der Waals surface area contributed by atoms with Crippen molar-refractivity contribution in [2.24, 2.45) is 5.92 Å². The maximum absolute atomic E-state index is 12.6. The van der Waals surface area contributed by atoms with E-state index in [9.17, 15) is 4.79 Å². The molecule has 3 aromatic heterocycles. The SMILES string of the molecule is CCn1nccc1[C@@H]1OCC[C@H]1CNC(=O)c1cnc2n[nH]c(C)c2c1. The van der Waals surface area contributed by atoms with E-state index in [1.807, 2.05) is 23.7 Å². The lowest BCUT2D eigenvalue weighted by Crippen LogP contribution is -2.31. The molecular formula is C18H22N6O2. The molecule has 4 heterocycles. The summed E-state index contributed by atoms with van der Waals surface area (Å²) in [6, 6.07) is 3.82. The quantitative estimate of drug-likeness (QED) is 0.730. The van der Waals surface area contributed by atoms with Gasteiger partial charge in [0.2, 0.25) is 0 Å². The van der Waals surface area contributed by atoms with E-state index >= 15 is 0 Å². The molecule has 0 aromatic carbocycles. The summed E-state index contributed by atoms with van der Waals surface area (Å²) in [6.07, 6.45) is 4.24. The van der Waals surface area contributed by atoms with Crippen molar-refractivity contribution < 1.29 is 9.53 Å². The van der Waals surface area contributed by atoms with Crippen molar-refractivity contribution in [1.29, 1.82) is 0 Å². The summed E-state index contributed by atoms with van der Waals surface area (Å²) < 4.78 is 7.87. The average molecular weight is 354 g/mol. The maximum atomic E-state index is 12.6. The number of hydrogen-bond donors (Lipinski definition) is 2. The van der Waals surface area contributed by atoms with Crippen LogP contribution in [0.25, 0.3) is 11.0 Å². The van der Waals surface area contributed by atoms with Crippen LogP contribution in [-0.4, -0.2) is 44.0 Å². The van der Waals surface area contributed by atoms with Crippen LogP contribution < -0.4 is 5.32 Å². The lowest BCUT2D eigenvalue weighted by atomic mass is 9.98. The second-order valence-electron chi connectivity index (χ2n) is 6.57. The Bertz CT molecular complexity index is 931. The standard InChI is InChI=1S/C18H22N6O2/c1-3-24-15(4-6-21-24)16-12(5-7-26-16)9-20-18(25)13-8-14-11(2)22-23-17(14)19-10-13/h4,6,8,10,12,16H,3,5,7,9H2,1-2H3,(H,20,25)(H,19,22,23)/t12-,16+/m0/s1. The molecule has 8 heteroatoms. The number of ether oxygens (including phenoxy) is 1. The van der Waals surface area contributed by atoms with Crippen molar-refractivity contribution in [3.63, 3.8) is 0 Å². The number of aryl methyl sites for hydroxylation is 2. The fourth-order valence-electron chi connectivity index (χ4n) is 3.49. The number of aromatic nitrogens is 5. The molecule has 1 aliphatic rings. The van der Waals surface area contributed by atoms with Crippen molar-refractivity contribution in [2.75, 3.05) is 13.2 Å². The van der Waals surface area contributed by atoms with E-state index in [0.717, 1.165) is 29.7 Å². The second-order valence-corrected chi connectivity index (χ2v) is 6.57. The van der Waals surface area contributed by atoms with Gasteiger partial charge in [0.1, 0.15) is 6.10 Å². The van der Waals surface area contributed by atoms with E-state index in [4.69, 9.17) is 4.74 Å². The summed E-state index contributed by atoms with van der Waals surface area (Å²) in [4.78, 5) is 16.8. The van der Waals surface area contributed by atoms with Crippen LogP contribution in [0.2, 0.25) is 0 Å². The molecule has 2 N–H and O–H groups in total. The molecule has 3 aromatic rings. The Morgan fingerprint density at radius 3 is 3.23 bits per heavy atom. The lowest BCUT2D eigenvalue weighted by molar-refractivity contribution is 0.0795. The molecule has 4 rings (SSSR count). The molecule has 0 bridgehead atoms. The van der Waals surface area contributed by atoms with E-state index in [2.05, 4.69) is 32.5 Å². The fourth-order valence-corrected chi connectivity index (χ4v) is 3.49. The summed E-state index contributed by atoms with van der Waals surface area (Å²) in [5.74, 6) is 0.1000. The van der Waals surface area contributed by atoms with E-state index in [1.165, 1.54) is 0 Å². The molecule has 1 fully saturated rings. The van der Waals surface area contributed by atoms with Gasteiger partial charge in [0.25, 0.3) is 5.91 Å². The normalized spacial score (nSPS) is 19.9. The largest absolute Gasteiger partial charge is 0.372 e. The molecule has 1 amide bonds. The van der Waals surface area contributed by atoms with Crippen molar-refractivity contribution in [2.45, 2.75) is 32.9 Å². The maximum Gasteiger partial charge on any atom is 0.252 e. The minimum atomic E-state index is -0.130. The van der Waals surface area contributed by atoms with Crippen LogP contribution in [0.3, 0.4) is 0 Å². The molecule has 1 aliphatic heterocycles. The van der Waals surface area contributed by atoms with Crippen molar-refractivity contribution in [3.05, 3.63) is 41.5 Å². The average Bonchev–Trinajstić information content (AvgIpc) is 3.38. The molecule has 0 unspecified atom stereocenters. The zero-order valence-corrected chi connectivity index (χ0v) is 14.9. The number of aromatic amines is 1. The Kier molecular flexibility index (Phi) is 4.42. The van der Waals surface area contributed by atoms with E-state index in [1.54, 1.807) is 12.4 Å². The monoisotopic (exact) mass is 354 g/mol. The summed E-state index contributed by atoms with van der Waals surface area (Å²) in [5.41, 5.74) is 3.13. The topological polar surface area (TPSA) is 97.7 Å². The summed E-state index contributed by atoms with van der Waals surface area (Å²) in [5, 5.41) is 15.2. The van der Waals surface area contributed by atoms with Crippen molar-refractivity contribution in [1.82, 2.24) is 30.3 Å². The Labute approximate surface area is 150 Å². The minimum absolute atomic E-state index is 0.0329. The zero-order chi connectivity index (χ0) is 18.1. The van der Waals surface area contributed by atoms with Crippen LogP contribution in [0, 0.1) is 12.8 Å². The number of carbonyl (C=O) groups excluding carboxylic acids is 1. The van der Waals surface area contributed by atoms with E-state index in [-0.39, 0.29) is 17.9 Å². The number of hydrogen-bond acceptors (Lipinski definition) is 5. The van der Waals surface area contributed by atoms with Crippen LogP contribution in [0.1, 0.15) is 41.2 Å².